The summed E-state index contributed by atoms with van der Waals surface area (Å²) in [5.41, 5.74) is 0. The van der Waals surface area contributed by atoms with Gasteiger partial charge in [-0.15, -0.1) is 0 Å². The maximum absolute atomic E-state index is 13.4. The first kappa shape index (κ1) is 13.8. The first-order valence-corrected chi connectivity index (χ1v) is 6.22. The Balaban J connectivity index is 2.42. The Hall–Kier alpha value is -0.670. The summed E-state index contributed by atoms with van der Waals surface area (Å²) >= 11 is 9.79. The number of ether oxygens (including phenoxy) is 1. The van der Waals surface area contributed by atoms with Crippen LogP contribution in [-0.2, 0) is 4.74 Å². The van der Waals surface area contributed by atoms with E-state index in [1.165, 1.54) is 4.57 Å². The number of halogens is 1. The number of hydrogen-bond acceptors (Lipinski definition) is 5. The minimum Gasteiger partial charge on any atom is -0.394 e. The molecular weight excluding hydrogens is 279 g/mol. The summed E-state index contributed by atoms with van der Waals surface area (Å²) in [5, 5.41) is 18.9. The van der Waals surface area contributed by atoms with Gasteiger partial charge in [0.25, 0.3) is 0 Å². The molecule has 100 valence electrons. The zero-order chi connectivity index (χ0) is 13.4. The van der Waals surface area contributed by atoms with Gasteiger partial charge in [-0.1, -0.05) is 19.1 Å². The van der Waals surface area contributed by atoms with Crippen molar-refractivity contribution in [3.63, 3.8) is 0 Å². The minimum atomic E-state index is -0.826. The van der Waals surface area contributed by atoms with Gasteiger partial charge in [0.15, 0.2) is 10.6 Å². The van der Waals surface area contributed by atoms with Crippen LogP contribution in [0.2, 0.25) is 0 Å². The average molecular weight is 292 g/mol. The largest absolute Gasteiger partial charge is 0.394 e. The number of H-pyrrole nitrogens is 1. The molecule has 3 N–H and O–H groups in total. The van der Waals surface area contributed by atoms with Crippen molar-refractivity contribution >= 4 is 24.4 Å². The SMILES string of the molecule is CC1[C@@H](O)[C@@H](CO)O[C@H]1n1cc(F)c(=S)[nH]c1=S. The third kappa shape index (κ3) is 2.26. The molecule has 1 aromatic heterocycles. The summed E-state index contributed by atoms with van der Waals surface area (Å²) < 4.78 is 20.4. The summed E-state index contributed by atoms with van der Waals surface area (Å²) in [7, 11) is 0. The Morgan fingerprint density at radius 1 is 1.56 bits per heavy atom. The highest BCUT2D eigenvalue weighted by atomic mass is 32.1. The van der Waals surface area contributed by atoms with Gasteiger partial charge in [-0.2, -0.15) is 0 Å². The van der Waals surface area contributed by atoms with Crippen molar-refractivity contribution in [3.05, 3.63) is 21.4 Å². The zero-order valence-corrected chi connectivity index (χ0v) is 11.2. The zero-order valence-electron chi connectivity index (χ0n) is 9.54. The third-order valence-electron chi connectivity index (χ3n) is 3.06. The van der Waals surface area contributed by atoms with Crippen LogP contribution in [0.15, 0.2) is 6.20 Å². The standard InChI is InChI=1S/C10H13FN2O3S2/c1-4-7(15)6(3-14)16-9(4)13-2-5(11)8(17)12-10(13)18/h2,4,6-7,9,14-15H,3H2,1H3,(H,12,17,18)/t4?,6-,7-,9-/m1/s1. The fraction of sp³-hybridized carbons (Fsp3) is 0.600. The first-order valence-electron chi connectivity index (χ1n) is 5.41. The van der Waals surface area contributed by atoms with Gasteiger partial charge in [0, 0.05) is 12.1 Å². The van der Waals surface area contributed by atoms with Crippen LogP contribution in [0, 0.1) is 21.1 Å². The molecule has 1 saturated heterocycles. The Labute approximate surface area is 113 Å². The quantitative estimate of drug-likeness (QED) is 0.717. The topological polar surface area (TPSA) is 70.4 Å². The number of aliphatic hydroxyl groups is 2. The second-order valence-electron chi connectivity index (χ2n) is 4.24. The van der Waals surface area contributed by atoms with Crippen molar-refractivity contribution in [2.75, 3.05) is 6.61 Å². The molecule has 1 aliphatic rings. The normalized spacial score (nSPS) is 31.8. The molecule has 1 unspecified atom stereocenters. The maximum atomic E-state index is 13.4. The van der Waals surface area contributed by atoms with Gasteiger partial charge in [0.2, 0.25) is 0 Å². The van der Waals surface area contributed by atoms with Gasteiger partial charge < -0.3 is 19.9 Å². The third-order valence-corrected chi connectivity index (χ3v) is 3.67. The number of hydrogen-bond donors (Lipinski definition) is 3. The lowest BCUT2D eigenvalue weighted by Crippen LogP contribution is -2.28. The van der Waals surface area contributed by atoms with E-state index in [9.17, 15) is 9.50 Å². The number of aromatic nitrogens is 2. The van der Waals surface area contributed by atoms with Crippen molar-refractivity contribution < 1.29 is 19.3 Å². The fourth-order valence-electron chi connectivity index (χ4n) is 2.01. The molecule has 1 aromatic rings. The Morgan fingerprint density at radius 3 is 2.78 bits per heavy atom. The molecule has 4 atom stereocenters. The molecular formula is C10H13FN2O3S2. The van der Waals surface area contributed by atoms with E-state index in [4.69, 9.17) is 34.3 Å². The van der Waals surface area contributed by atoms with Crippen molar-refractivity contribution in [1.29, 1.82) is 0 Å². The minimum absolute atomic E-state index is 0.0684. The maximum Gasteiger partial charge on any atom is 0.180 e. The van der Waals surface area contributed by atoms with Crippen LogP contribution in [0.25, 0.3) is 0 Å². The van der Waals surface area contributed by atoms with E-state index < -0.39 is 24.3 Å². The van der Waals surface area contributed by atoms with Crippen molar-refractivity contribution in [1.82, 2.24) is 9.55 Å². The highest BCUT2D eigenvalue weighted by Crippen LogP contribution is 2.34. The van der Waals surface area contributed by atoms with Gasteiger partial charge in [-0.05, 0) is 12.2 Å². The van der Waals surface area contributed by atoms with Gasteiger partial charge in [-0.3, -0.25) is 4.57 Å². The van der Waals surface area contributed by atoms with E-state index in [0.717, 1.165) is 6.20 Å². The number of rotatable bonds is 2. The smallest absolute Gasteiger partial charge is 0.180 e. The molecule has 1 aliphatic heterocycles. The molecule has 5 nitrogen and oxygen atoms in total. The van der Waals surface area contributed by atoms with Gasteiger partial charge in [0.1, 0.15) is 17.0 Å². The first-order chi connectivity index (χ1) is 8.45. The van der Waals surface area contributed by atoms with E-state index in [1.807, 2.05) is 0 Å². The van der Waals surface area contributed by atoms with Gasteiger partial charge in [0.05, 0.1) is 12.7 Å². The van der Waals surface area contributed by atoms with Crippen molar-refractivity contribution in [2.45, 2.75) is 25.4 Å². The highest BCUT2D eigenvalue weighted by molar-refractivity contribution is 7.72. The second kappa shape index (κ2) is 5.14. The van der Waals surface area contributed by atoms with E-state index in [0.29, 0.717) is 0 Å². The van der Waals surface area contributed by atoms with Crippen LogP contribution in [0.5, 0.6) is 0 Å². The highest BCUT2D eigenvalue weighted by Gasteiger charge is 2.41. The molecule has 0 amide bonds. The monoisotopic (exact) mass is 292 g/mol. The molecule has 8 heteroatoms. The number of nitrogens with zero attached hydrogens (tertiary/aromatic N) is 1. The molecule has 0 saturated carbocycles. The molecule has 0 spiro atoms. The van der Waals surface area contributed by atoms with Crippen LogP contribution in [0.1, 0.15) is 13.2 Å². The van der Waals surface area contributed by atoms with Crippen molar-refractivity contribution in [3.8, 4) is 0 Å². The molecule has 0 aromatic carbocycles. The van der Waals surface area contributed by atoms with Crippen LogP contribution >= 0.6 is 24.4 Å². The van der Waals surface area contributed by atoms with Gasteiger partial charge >= 0.3 is 0 Å². The van der Waals surface area contributed by atoms with E-state index in [1.54, 1.807) is 6.92 Å². The van der Waals surface area contributed by atoms with Crippen LogP contribution in [0.4, 0.5) is 4.39 Å². The molecule has 18 heavy (non-hydrogen) atoms. The molecule has 0 aliphatic carbocycles. The van der Waals surface area contributed by atoms with Gasteiger partial charge in [-0.25, -0.2) is 4.39 Å². The summed E-state index contributed by atoms with van der Waals surface area (Å²) in [6, 6.07) is 0. The number of aromatic amines is 1. The fourth-order valence-corrected chi connectivity index (χ4v) is 2.48. The Kier molecular flexibility index (Phi) is 3.93. The van der Waals surface area contributed by atoms with E-state index in [2.05, 4.69) is 4.98 Å². The number of aliphatic hydroxyl groups excluding tert-OH is 2. The molecule has 2 heterocycles. The summed E-state index contributed by atoms with van der Waals surface area (Å²) in [6.45, 7) is 1.44. The van der Waals surface area contributed by atoms with Crippen LogP contribution in [0.3, 0.4) is 0 Å². The van der Waals surface area contributed by atoms with Crippen LogP contribution < -0.4 is 0 Å². The predicted octanol–water partition coefficient (Wildman–Crippen LogP) is 1.30. The van der Waals surface area contributed by atoms with E-state index >= 15 is 0 Å². The predicted molar refractivity (Wildman–Crippen MR) is 66.6 cm³/mol. The molecule has 1 fully saturated rings. The Bertz CT molecular complexity index is 559. The lowest BCUT2D eigenvalue weighted by molar-refractivity contribution is -0.0473. The molecule has 0 radical (unpaired) electrons. The van der Waals surface area contributed by atoms with Crippen LogP contribution in [-0.4, -0.2) is 38.6 Å². The molecule has 2 rings (SSSR count). The second-order valence-corrected chi connectivity index (χ2v) is 5.04. The summed E-state index contributed by atoms with van der Waals surface area (Å²) in [5.74, 6) is -0.936. The summed E-state index contributed by atoms with van der Waals surface area (Å²) in [4.78, 5) is 2.55. The lowest BCUT2D eigenvalue weighted by Gasteiger charge is -2.19. The average Bonchev–Trinajstić information content (AvgIpc) is 2.61. The molecule has 0 bridgehead atoms. The lowest BCUT2D eigenvalue weighted by atomic mass is 10.0. The number of nitrogens with one attached hydrogen (secondary N) is 1. The Morgan fingerprint density at radius 2 is 2.22 bits per heavy atom. The van der Waals surface area contributed by atoms with Crippen molar-refractivity contribution in [2.24, 2.45) is 5.92 Å². The van der Waals surface area contributed by atoms with E-state index in [-0.39, 0.29) is 21.9 Å². The summed E-state index contributed by atoms with van der Waals surface area (Å²) in [6.07, 6.45) is -1.01.